The Kier molecular flexibility index (Phi) is 2.62. The van der Waals surface area contributed by atoms with Crippen LogP contribution in [0.4, 0.5) is 18.9 Å². The van der Waals surface area contributed by atoms with Gasteiger partial charge in [-0.3, -0.25) is 4.99 Å². The summed E-state index contributed by atoms with van der Waals surface area (Å²) in [5.74, 6) is 0.631. The second kappa shape index (κ2) is 4.18. The van der Waals surface area contributed by atoms with Crippen LogP contribution in [-0.4, -0.2) is 19.6 Å². The topological polar surface area (TPSA) is 39.7 Å². The van der Waals surface area contributed by atoms with Gasteiger partial charge in [0.15, 0.2) is 0 Å². The van der Waals surface area contributed by atoms with E-state index in [0.717, 1.165) is 6.07 Å². The maximum absolute atomic E-state index is 13.0. The molecule has 2 aliphatic heterocycles. The summed E-state index contributed by atoms with van der Waals surface area (Å²) in [5, 5.41) is 6.03. The summed E-state index contributed by atoms with van der Waals surface area (Å²) in [5.41, 5.74) is 0.159. The number of nitrogens with zero attached hydrogens (tertiary/aromatic N) is 2. The molecule has 3 rings (SSSR count). The van der Waals surface area contributed by atoms with Crippen molar-refractivity contribution in [2.75, 3.05) is 18.2 Å². The zero-order chi connectivity index (χ0) is 13.5. The number of hydrogen-bond acceptors (Lipinski definition) is 4. The van der Waals surface area contributed by atoms with E-state index in [2.05, 4.69) is 15.6 Å². The van der Waals surface area contributed by atoms with Crippen LogP contribution in [0.25, 0.3) is 0 Å². The van der Waals surface area contributed by atoms with E-state index in [-0.39, 0.29) is 12.4 Å². The molecule has 0 aliphatic carbocycles. The van der Waals surface area contributed by atoms with Crippen LogP contribution < -0.4 is 15.5 Å². The van der Waals surface area contributed by atoms with Crippen LogP contribution >= 0.6 is 0 Å². The molecular formula is C12H11F3N4. The number of benzene rings is 1. The molecule has 1 aromatic rings. The first-order valence-electron chi connectivity index (χ1n) is 5.73. The zero-order valence-corrected chi connectivity index (χ0v) is 9.83. The highest BCUT2D eigenvalue weighted by molar-refractivity contribution is 5.83. The van der Waals surface area contributed by atoms with Crippen molar-refractivity contribution in [2.45, 2.75) is 6.18 Å². The molecule has 2 aliphatic rings. The van der Waals surface area contributed by atoms with Crippen molar-refractivity contribution in [3.63, 3.8) is 0 Å². The molecule has 0 unspecified atom stereocenters. The molecule has 0 bridgehead atoms. The first kappa shape index (κ1) is 11.9. The molecule has 0 saturated heterocycles. The fraction of sp³-hybridized carbons (Fsp3) is 0.250. The van der Waals surface area contributed by atoms with Crippen LogP contribution in [0.5, 0.6) is 0 Å². The summed E-state index contributed by atoms with van der Waals surface area (Å²) >= 11 is 0. The molecule has 0 spiro atoms. The van der Waals surface area contributed by atoms with Crippen molar-refractivity contribution >= 4 is 11.9 Å². The van der Waals surface area contributed by atoms with Crippen molar-refractivity contribution in [1.82, 2.24) is 10.6 Å². The van der Waals surface area contributed by atoms with E-state index in [4.69, 9.17) is 0 Å². The molecule has 0 amide bonds. The number of anilines is 1. The molecule has 0 radical (unpaired) electrons. The Morgan fingerprint density at radius 1 is 1.16 bits per heavy atom. The van der Waals surface area contributed by atoms with Crippen LogP contribution in [0, 0.1) is 0 Å². The summed E-state index contributed by atoms with van der Waals surface area (Å²) < 4.78 is 39.1. The molecule has 2 heterocycles. The summed E-state index contributed by atoms with van der Waals surface area (Å²) in [6.07, 6.45) is -2.76. The molecule has 2 N–H and O–H groups in total. The molecule has 7 heteroatoms. The van der Waals surface area contributed by atoms with E-state index >= 15 is 0 Å². The number of nitrogens with one attached hydrogen (secondary N) is 2. The molecule has 0 atom stereocenters. The minimum Gasteiger partial charge on any atom is -0.364 e. The van der Waals surface area contributed by atoms with Gasteiger partial charge in [0.1, 0.15) is 12.5 Å². The first-order valence-corrected chi connectivity index (χ1v) is 5.73. The van der Waals surface area contributed by atoms with Crippen LogP contribution in [0.2, 0.25) is 0 Å². The summed E-state index contributed by atoms with van der Waals surface area (Å²) in [6.45, 7) is 0.655. The maximum Gasteiger partial charge on any atom is 0.418 e. The SMILES string of the molecule is FC(F)(F)c1ccccc1N1CN=CC2=C1NCN2. The maximum atomic E-state index is 13.0. The smallest absolute Gasteiger partial charge is 0.364 e. The lowest BCUT2D eigenvalue weighted by Crippen LogP contribution is -2.33. The number of para-hydroxylation sites is 1. The third-order valence-electron chi connectivity index (χ3n) is 3.00. The number of allylic oxidation sites excluding steroid dienone is 1. The second-order valence-corrected chi connectivity index (χ2v) is 4.19. The average Bonchev–Trinajstić information content (AvgIpc) is 2.85. The molecule has 0 fully saturated rings. The van der Waals surface area contributed by atoms with Crippen LogP contribution in [0.15, 0.2) is 40.8 Å². The first-order chi connectivity index (χ1) is 9.07. The zero-order valence-electron chi connectivity index (χ0n) is 9.83. The van der Waals surface area contributed by atoms with Crippen LogP contribution in [-0.2, 0) is 6.18 Å². The summed E-state index contributed by atoms with van der Waals surface area (Å²) in [6, 6.07) is 5.51. The molecule has 0 aromatic heterocycles. The van der Waals surface area contributed by atoms with E-state index in [1.165, 1.54) is 17.0 Å². The minimum absolute atomic E-state index is 0.107. The Bertz CT molecular complexity index is 562. The Morgan fingerprint density at radius 2 is 1.95 bits per heavy atom. The van der Waals surface area contributed by atoms with Gasteiger partial charge in [0, 0.05) is 0 Å². The highest BCUT2D eigenvalue weighted by Crippen LogP contribution is 2.38. The second-order valence-electron chi connectivity index (χ2n) is 4.19. The molecule has 4 nitrogen and oxygen atoms in total. The predicted octanol–water partition coefficient (Wildman–Crippen LogP) is 1.87. The van der Waals surface area contributed by atoms with E-state index in [1.807, 2.05) is 0 Å². The lowest BCUT2D eigenvalue weighted by atomic mass is 10.1. The number of rotatable bonds is 1. The largest absolute Gasteiger partial charge is 0.418 e. The summed E-state index contributed by atoms with van der Waals surface area (Å²) in [4.78, 5) is 5.60. The summed E-state index contributed by atoms with van der Waals surface area (Å²) in [7, 11) is 0. The fourth-order valence-electron chi connectivity index (χ4n) is 2.18. The van der Waals surface area contributed by atoms with Crippen LogP contribution in [0.3, 0.4) is 0 Å². The van der Waals surface area contributed by atoms with Crippen molar-refractivity contribution < 1.29 is 13.2 Å². The molecule has 100 valence electrons. The molecular weight excluding hydrogens is 257 g/mol. The normalized spacial score (nSPS) is 18.2. The van der Waals surface area contributed by atoms with Crippen LogP contribution in [0.1, 0.15) is 5.56 Å². The van der Waals surface area contributed by atoms with Gasteiger partial charge in [0.05, 0.1) is 29.8 Å². The molecule has 19 heavy (non-hydrogen) atoms. The number of halogens is 3. The lowest BCUT2D eigenvalue weighted by Gasteiger charge is -2.28. The third kappa shape index (κ3) is 2.00. The third-order valence-corrected chi connectivity index (χ3v) is 3.00. The minimum atomic E-state index is -4.38. The van der Waals surface area contributed by atoms with E-state index < -0.39 is 11.7 Å². The van der Waals surface area contributed by atoms with E-state index in [9.17, 15) is 13.2 Å². The van der Waals surface area contributed by atoms with Gasteiger partial charge in [-0.15, -0.1) is 0 Å². The van der Waals surface area contributed by atoms with Gasteiger partial charge >= 0.3 is 6.18 Å². The van der Waals surface area contributed by atoms with Gasteiger partial charge in [-0.05, 0) is 12.1 Å². The van der Waals surface area contributed by atoms with Gasteiger partial charge in [0.25, 0.3) is 0 Å². The van der Waals surface area contributed by atoms with Gasteiger partial charge in [-0.1, -0.05) is 12.1 Å². The van der Waals surface area contributed by atoms with Crippen molar-refractivity contribution in [3.05, 3.63) is 41.3 Å². The average molecular weight is 268 g/mol. The number of aliphatic imine (C=N–C) groups is 1. The van der Waals surface area contributed by atoms with Gasteiger partial charge < -0.3 is 15.5 Å². The number of hydrogen-bond donors (Lipinski definition) is 2. The Hall–Kier alpha value is -2.18. The highest BCUT2D eigenvalue weighted by Gasteiger charge is 2.36. The van der Waals surface area contributed by atoms with Crippen molar-refractivity contribution in [3.8, 4) is 0 Å². The standard InChI is InChI=1S/C12H11F3N4/c13-12(14,15)8-3-1-2-4-10(8)19-7-16-5-9-11(19)18-6-17-9/h1-5,17-18H,6-7H2. The van der Waals surface area contributed by atoms with Gasteiger partial charge in [-0.25, -0.2) is 0 Å². The quantitative estimate of drug-likeness (QED) is 0.817. The molecule has 0 saturated carbocycles. The molecule has 1 aromatic carbocycles. The Balaban J connectivity index is 2.06. The monoisotopic (exact) mass is 268 g/mol. The van der Waals surface area contributed by atoms with Gasteiger partial charge in [-0.2, -0.15) is 13.2 Å². The van der Waals surface area contributed by atoms with E-state index in [0.29, 0.717) is 18.2 Å². The van der Waals surface area contributed by atoms with Gasteiger partial charge in [0.2, 0.25) is 0 Å². The van der Waals surface area contributed by atoms with E-state index in [1.54, 1.807) is 12.3 Å². The fourth-order valence-corrected chi connectivity index (χ4v) is 2.18. The van der Waals surface area contributed by atoms with Crippen molar-refractivity contribution in [2.24, 2.45) is 4.99 Å². The highest BCUT2D eigenvalue weighted by atomic mass is 19.4. The number of alkyl halides is 3. The Labute approximate surface area is 107 Å². The predicted molar refractivity (Wildman–Crippen MR) is 65.4 cm³/mol. The van der Waals surface area contributed by atoms with Crippen molar-refractivity contribution in [1.29, 1.82) is 0 Å². The Morgan fingerprint density at radius 3 is 2.74 bits per heavy atom. The lowest BCUT2D eigenvalue weighted by molar-refractivity contribution is -0.137.